The maximum atomic E-state index is 12.9. The average Bonchev–Trinajstić information content (AvgIpc) is 2.69. The van der Waals surface area contributed by atoms with Crippen molar-refractivity contribution < 1.29 is 14.3 Å². The van der Waals surface area contributed by atoms with Gasteiger partial charge in [-0.25, -0.2) is 4.79 Å². The molecule has 146 valence electrons. The third kappa shape index (κ3) is 4.29. The lowest BCUT2D eigenvalue weighted by molar-refractivity contribution is -0.138. The summed E-state index contributed by atoms with van der Waals surface area (Å²) in [5.41, 5.74) is 2.58. The minimum absolute atomic E-state index is 0.259. The van der Waals surface area contributed by atoms with Crippen LogP contribution in [0.5, 0.6) is 5.75 Å². The van der Waals surface area contributed by atoms with E-state index in [9.17, 15) is 4.79 Å². The number of carbonyl (C=O) groups is 1. The van der Waals surface area contributed by atoms with Gasteiger partial charge in [0.1, 0.15) is 5.75 Å². The molecule has 2 aromatic carbocycles. The Morgan fingerprint density at radius 2 is 1.89 bits per heavy atom. The summed E-state index contributed by atoms with van der Waals surface area (Å²) in [6, 6.07) is 14.3. The largest absolute Gasteiger partial charge is 0.494 e. The SMILES string of the molecule is CCOC(=O)C1=C(c2ccccc2)NC(=S)NC1c1cc(Cl)ccc1OCC. The topological polar surface area (TPSA) is 59.6 Å². The van der Waals surface area contributed by atoms with E-state index >= 15 is 0 Å². The van der Waals surface area contributed by atoms with Crippen molar-refractivity contribution in [3.63, 3.8) is 0 Å². The van der Waals surface area contributed by atoms with Crippen LogP contribution >= 0.6 is 23.8 Å². The summed E-state index contributed by atoms with van der Waals surface area (Å²) in [5, 5.41) is 7.22. The molecule has 1 aliphatic heterocycles. The second-order valence-electron chi connectivity index (χ2n) is 6.02. The van der Waals surface area contributed by atoms with E-state index in [0.29, 0.717) is 33.8 Å². The van der Waals surface area contributed by atoms with Crippen LogP contribution < -0.4 is 15.4 Å². The van der Waals surface area contributed by atoms with E-state index in [0.717, 1.165) is 11.1 Å². The molecular weight excluding hydrogens is 396 g/mol. The summed E-state index contributed by atoms with van der Waals surface area (Å²) in [4.78, 5) is 12.9. The number of benzene rings is 2. The highest BCUT2D eigenvalue weighted by Crippen LogP contribution is 2.37. The summed E-state index contributed by atoms with van der Waals surface area (Å²) >= 11 is 11.7. The summed E-state index contributed by atoms with van der Waals surface area (Å²) in [6.45, 7) is 4.41. The summed E-state index contributed by atoms with van der Waals surface area (Å²) < 4.78 is 11.1. The first-order valence-electron chi connectivity index (χ1n) is 9.01. The molecule has 1 atom stereocenters. The molecule has 0 saturated heterocycles. The third-order valence-corrected chi connectivity index (χ3v) is 4.67. The van der Waals surface area contributed by atoms with Crippen molar-refractivity contribution in [1.29, 1.82) is 0 Å². The standard InChI is InChI=1S/C21H21ClN2O3S/c1-3-26-16-11-10-14(22)12-15(16)19-17(20(25)27-4-2)18(23-21(28)24-19)13-8-6-5-7-9-13/h5-12,19H,3-4H2,1-2H3,(H2,23,24,28). The fraction of sp³-hybridized carbons (Fsp3) is 0.238. The number of hydrogen-bond donors (Lipinski definition) is 2. The molecule has 3 rings (SSSR count). The fourth-order valence-electron chi connectivity index (χ4n) is 3.09. The molecule has 2 N–H and O–H groups in total. The maximum Gasteiger partial charge on any atom is 0.338 e. The minimum atomic E-state index is -0.566. The molecule has 5 nitrogen and oxygen atoms in total. The lowest BCUT2D eigenvalue weighted by Crippen LogP contribution is -2.45. The van der Waals surface area contributed by atoms with Gasteiger partial charge < -0.3 is 20.1 Å². The van der Waals surface area contributed by atoms with Crippen molar-refractivity contribution in [3.8, 4) is 5.75 Å². The lowest BCUT2D eigenvalue weighted by Gasteiger charge is -2.32. The number of ether oxygens (including phenoxy) is 2. The van der Waals surface area contributed by atoms with Crippen LogP contribution in [0.3, 0.4) is 0 Å². The van der Waals surface area contributed by atoms with Crippen LogP contribution in [0, 0.1) is 0 Å². The zero-order chi connectivity index (χ0) is 20.1. The van der Waals surface area contributed by atoms with E-state index < -0.39 is 12.0 Å². The van der Waals surface area contributed by atoms with Crippen molar-refractivity contribution in [2.75, 3.05) is 13.2 Å². The van der Waals surface area contributed by atoms with Gasteiger partial charge in [0.2, 0.25) is 0 Å². The molecular formula is C21H21ClN2O3S. The van der Waals surface area contributed by atoms with E-state index in [2.05, 4.69) is 10.6 Å². The lowest BCUT2D eigenvalue weighted by atomic mass is 9.92. The highest BCUT2D eigenvalue weighted by Gasteiger charge is 2.34. The van der Waals surface area contributed by atoms with Crippen molar-refractivity contribution >= 4 is 40.6 Å². The van der Waals surface area contributed by atoms with Gasteiger partial charge in [-0.2, -0.15) is 0 Å². The molecule has 0 radical (unpaired) electrons. The summed E-state index contributed by atoms with van der Waals surface area (Å²) in [7, 11) is 0. The zero-order valence-electron chi connectivity index (χ0n) is 15.6. The van der Waals surface area contributed by atoms with Gasteiger partial charge in [0.15, 0.2) is 5.11 Å². The highest BCUT2D eigenvalue weighted by molar-refractivity contribution is 7.80. The van der Waals surface area contributed by atoms with Crippen LogP contribution in [0.2, 0.25) is 5.02 Å². The normalized spacial score (nSPS) is 16.2. The van der Waals surface area contributed by atoms with Crippen LogP contribution in [-0.2, 0) is 9.53 Å². The Bertz CT molecular complexity index is 915. The molecule has 0 fully saturated rings. The van der Waals surface area contributed by atoms with Gasteiger partial charge >= 0.3 is 5.97 Å². The average molecular weight is 417 g/mol. The van der Waals surface area contributed by atoms with E-state index in [-0.39, 0.29) is 6.61 Å². The molecule has 28 heavy (non-hydrogen) atoms. The van der Waals surface area contributed by atoms with Gasteiger partial charge in [-0.3, -0.25) is 0 Å². The Morgan fingerprint density at radius 1 is 1.14 bits per heavy atom. The summed E-state index contributed by atoms with van der Waals surface area (Å²) in [6.07, 6.45) is 0. The Labute approximate surface area is 174 Å². The molecule has 2 aromatic rings. The maximum absolute atomic E-state index is 12.9. The quantitative estimate of drug-likeness (QED) is 0.542. The fourth-order valence-corrected chi connectivity index (χ4v) is 3.49. The Balaban J connectivity index is 2.22. The second kappa shape index (κ2) is 9.08. The van der Waals surface area contributed by atoms with E-state index in [1.165, 1.54) is 0 Å². The first-order valence-corrected chi connectivity index (χ1v) is 9.80. The second-order valence-corrected chi connectivity index (χ2v) is 6.87. The third-order valence-electron chi connectivity index (χ3n) is 4.21. The predicted octanol–water partition coefficient (Wildman–Crippen LogP) is 4.23. The van der Waals surface area contributed by atoms with Crippen molar-refractivity contribution in [3.05, 3.63) is 70.3 Å². The Hall–Kier alpha value is -2.57. The molecule has 1 aliphatic rings. The number of thiocarbonyl (C=S) groups is 1. The smallest absolute Gasteiger partial charge is 0.338 e. The Morgan fingerprint density at radius 3 is 2.57 bits per heavy atom. The van der Waals surface area contributed by atoms with E-state index in [4.69, 9.17) is 33.3 Å². The number of esters is 1. The minimum Gasteiger partial charge on any atom is -0.494 e. The van der Waals surface area contributed by atoms with E-state index in [1.807, 2.05) is 37.3 Å². The first kappa shape index (κ1) is 20.2. The number of rotatable bonds is 6. The van der Waals surface area contributed by atoms with Crippen molar-refractivity contribution in [2.24, 2.45) is 0 Å². The molecule has 1 heterocycles. The van der Waals surface area contributed by atoms with Crippen LogP contribution in [0.1, 0.15) is 31.0 Å². The van der Waals surface area contributed by atoms with Gasteiger partial charge in [-0.05, 0) is 49.8 Å². The van der Waals surface area contributed by atoms with Gasteiger partial charge in [-0.1, -0.05) is 41.9 Å². The molecule has 1 unspecified atom stereocenters. The Kier molecular flexibility index (Phi) is 6.54. The molecule has 0 saturated carbocycles. The molecule has 0 amide bonds. The molecule has 0 aliphatic carbocycles. The molecule has 0 bridgehead atoms. The number of halogens is 1. The van der Waals surface area contributed by atoms with E-state index in [1.54, 1.807) is 25.1 Å². The van der Waals surface area contributed by atoms with Gasteiger partial charge in [0, 0.05) is 10.6 Å². The number of hydrogen-bond acceptors (Lipinski definition) is 4. The predicted molar refractivity (Wildman–Crippen MR) is 114 cm³/mol. The molecule has 7 heteroatoms. The van der Waals surface area contributed by atoms with Crippen LogP contribution in [0.4, 0.5) is 0 Å². The van der Waals surface area contributed by atoms with Crippen molar-refractivity contribution in [1.82, 2.24) is 10.6 Å². The van der Waals surface area contributed by atoms with Crippen LogP contribution in [0.25, 0.3) is 5.70 Å². The van der Waals surface area contributed by atoms with Crippen molar-refractivity contribution in [2.45, 2.75) is 19.9 Å². The molecule has 0 spiro atoms. The van der Waals surface area contributed by atoms with Crippen LogP contribution in [-0.4, -0.2) is 24.3 Å². The van der Waals surface area contributed by atoms with Gasteiger partial charge in [0.05, 0.1) is 30.5 Å². The molecule has 0 aromatic heterocycles. The first-order chi connectivity index (χ1) is 13.5. The van der Waals surface area contributed by atoms with Crippen LogP contribution in [0.15, 0.2) is 54.1 Å². The zero-order valence-corrected chi connectivity index (χ0v) is 17.2. The monoisotopic (exact) mass is 416 g/mol. The van der Waals surface area contributed by atoms with Gasteiger partial charge in [0.25, 0.3) is 0 Å². The summed E-state index contributed by atoms with van der Waals surface area (Å²) in [5.74, 6) is 0.194. The highest BCUT2D eigenvalue weighted by atomic mass is 35.5. The van der Waals surface area contributed by atoms with Gasteiger partial charge in [-0.15, -0.1) is 0 Å². The number of carbonyl (C=O) groups excluding carboxylic acids is 1. The number of nitrogens with one attached hydrogen (secondary N) is 2.